The maximum absolute atomic E-state index is 12.4. The second-order valence-corrected chi connectivity index (χ2v) is 14.4. The van der Waals surface area contributed by atoms with Crippen molar-refractivity contribution in [2.24, 2.45) is 0 Å². The van der Waals surface area contributed by atoms with Gasteiger partial charge in [0.25, 0.3) is 0 Å². The van der Waals surface area contributed by atoms with E-state index in [2.05, 4.69) is 43.5 Å². The topological polar surface area (TPSA) is 69.6 Å². The average molecular weight is 662 g/mol. The number of aliphatic hydroxyl groups excluding tert-OH is 2. The van der Waals surface area contributed by atoms with Crippen molar-refractivity contribution in [1.29, 1.82) is 0 Å². The lowest BCUT2D eigenvalue weighted by Crippen LogP contribution is -2.45. The van der Waals surface area contributed by atoms with Crippen LogP contribution in [0.15, 0.2) is 24.3 Å². The summed E-state index contributed by atoms with van der Waals surface area (Å²) in [4.78, 5) is 12.4. The van der Waals surface area contributed by atoms with Crippen LogP contribution < -0.4 is 5.32 Å². The number of rotatable bonds is 38. The highest BCUT2D eigenvalue weighted by atomic mass is 16.3. The van der Waals surface area contributed by atoms with Gasteiger partial charge in [0.1, 0.15) is 0 Å². The van der Waals surface area contributed by atoms with Gasteiger partial charge in [-0.25, -0.2) is 0 Å². The molecule has 0 aromatic heterocycles. The summed E-state index contributed by atoms with van der Waals surface area (Å²) in [5, 5.41) is 23.1. The minimum atomic E-state index is -0.660. The highest BCUT2D eigenvalue weighted by Gasteiger charge is 2.19. The average Bonchev–Trinajstić information content (AvgIpc) is 3.07. The van der Waals surface area contributed by atoms with E-state index in [-0.39, 0.29) is 12.5 Å². The smallest absolute Gasteiger partial charge is 0.220 e. The van der Waals surface area contributed by atoms with Crippen molar-refractivity contribution in [2.75, 3.05) is 6.61 Å². The first-order valence-electron chi connectivity index (χ1n) is 21.0. The quantitative estimate of drug-likeness (QED) is 0.0455. The van der Waals surface area contributed by atoms with Gasteiger partial charge in [-0.15, -0.1) is 0 Å². The van der Waals surface area contributed by atoms with E-state index in [9.17, 15) is 15.0 Å². The Morgan fingerprint density at radius 2 is 0.872 bits per heavy atom. The van der Waals surface area contributed by atoms with Gasteiger partial charge in [0.2, 0.25) is 5.91 Å². The van der Waals surface area contributed by atoms with Crippen LogP contribution in [0.3, 0.4) is 0 Å². The Morgan fingerprint density at radius 1 is 0.511 bits per heavy atom. The molecule has 0 saturated heterocycles. The molecule has 0 aliphatic carbocycles. The van der Waals surface area contributed by atoms with E-state index >= 15 is 0 Å². The van der Waals surface area contributed by atoms with Crippen LogP contribution >= 0.6 is 0 Å². The van der Waals surface area contributed by atoms with Crippen LogP contribution in [0.1, 0.15) is 226 Å². The molecule has 4 nitrogen and oxygen atoms in total. The van der Waals surface area contributed by atoms with Gasteiger partial charge in [0.05, 0.1) is 18.8 Å². The first-order chi connectivity index (χ1) is 23.2. The summed E-state index contributed by atoms with van der Waals surface area (Å²) in [6, 6.07) is -0.538. The zero-order valence-electron chi connectivity index (χ0n) is 31.8. The Labute approximate surface area is 294 Å². The van der Waals surface area contributed by atoms with Crippen LogP contribution in [0.25, 0.3) is 0 Å². The number of allylic oxidation sites excluding steroid dienone is 4. The zero-order valence-corrected chi connectivity index (χ0v) is 31.8. The first-order valence-corrected chi connectivity index (χ1v) is 21.0. The predicted molar refractivity (Wildman–Crippen MR) is 207 cm³/mol. The van der Waals surface area contributed by atoms with Gasteiger partial charge in [-0.3, -0.25) is 4.79 Å². The zero-order chi connectivity index (χ0) is 34.3. The van der Waals surface area contributed by atoms with Crippen LogP contribution in [0.4, 0.5) is 0 Å². The molecule has 278 valence electrons. The number of hydrogen-bond donors (Lipinski definition) is 3. The van der Waals surface area contributed by atoms with Crippen molar-refractivity contribution in [1.82, 2.24) is 5.32 Å². The molecule has 0 aliphatic heterocycles. The first kappa shape index (κ1) is 45.9. The molecule has 0 spiro atoms. The Bertz CT molecular complexity index is 676. The van der Waals surface area contributed by atoms with Crippen LogP contribution in [0.2, 0.25) is 0 Å². The highest BCUT2D eigenvalue weighted by Crippen LogP contribution is 2.16. The lowest BCUT2D eigenvalue weighted by atomic mass is 10.0. The molecule has 0 bridgehead atoms. The molecule has 2 atom stereocenters. The minimum Gasteiger partial charge on any atom is -0.394 e. The van der Waals surface area contributed by atoms with E-state index in [0.717, 1.165) is 32.1 Å². The second-order valence-electron chi connectivity index (χ2n) is 14.4. The monoisotopic (exact) mass is 662 g/mol. The normalized spacial score (nSPS) is 13.2. The molecule has 3 N–H and O–H groups in total. The summed E-state index contributed by atoms with van der Waals surface area (Å²) in [6.07, 6.45) is 49.5. The molecule has 0 aliphatic rings. The molecule has 0 radical (unpaired) electrons. The maximum Gasteiger partial charge on any atom is 0.220 e. The van der Waals surface area contributed by atoms with Crippen LogP contribution in [0, 0.1) is 0 Å². The summed E-state index contributed by atoms with van der Waals surface area (Å²) >= 11 is 0. The number of carbonyl (C=O) groups is 1. The van der Waals surface area contributed by atoms with Gasteiger partial charge < -0.3 is 15.5 Å². The van der Waals surface area contributed by atoms with Crippen LogP contribution in [0.5, 0.6) is 0 Å². The van der Waals surface area contributed by atoms with Crippen molar-refractivity contribution < 1.29 is 15.0 Å². The van der Waals surface area contributed by atoms with Crippen molar-refractivity contribution in [3.63, 3.8) is 0 Å². The van der Waals surface area contributed by atoms with E-state index in [4.69, 9.17) is 0 Å². The number of amides is 1. The predicted octanol–water partition coefficient (Wildman–Crippen LogP) is 12.8. The largest absolute Gasteiger partial charge is 0.394 e. The number of unbranched alkanes of at least 4 members (excludes halogenated alkanes) is 27. The highest BCUT2D eigenvalue weighted by molar-refractivity contribution is 5.76. The van der Waals surface area contributed by atoms with Crippen LogP contribution in [-0.4, -0.2) is 34.9 Å². The second kappa shape index (κ2) is 39.3. The number of aliphatic hydroxyl groups is 2. The molecule has 4 heteroatoms. The molecular weight excluding hydrogens is 578 g/mol. The molecule has 0 fully saturated rings. The van der Waals surface area contributed by atoms with E-state index in [1.165, 1.54) is 167 Å². The van der Waals surface area contributed by atoms with Gasteiger partial charge in [-0.2, -0.15) is 0 Å². The van der Waals surface area contributed by atoms with E-state index < -0.39 is 12.1 Å². The Balaban J connectivity index is 3.54. The molecule has 0 rings (SSSR count). The fourth-order valence-corrected chi connectivity index (χ4v) is 6.45. The third kappa shape index (κ3) is 36.0. The third-order valence-corrected chi connectivity index (χ3v) is 9.72. The van der Waals surface area contributed by atoms with Crippen molar-refractivity contribution >= 4 is 5.91 Å². The lowest BCUT2D eigenvalue weighted by Gasteiger charge is -2.22. The molecule has 2 unspecified atom stereocenters. The molecule has 0 aromatic rings. The lowest BCUT2D eigenvalue weighted by molar-refractivity contribution is -0.123. The summed E-state index contributed by atoms with van der Waals surface area (Å²) in [5.41, 5.74) is 0. The van der Waals surface area contributed by atoms with E-state index in [1.54, 1.807) is 0 Å². The van der Waals surface area contributed by atoms with Gasteiger partial charge >= 0.3 is 0 Å². The van der Waals surface area contributed by atoms with Gasteiger partial charge in [-0.1, -0.05) is 199 Å². The summed E-state index contributed by atoms with van der Waals surface area (Å²) in [7, 11) is 0. The summed E-state index contributed by atoms with van der Waals surface area (Å²) in [5.74, 6) is -0.0383. The van der Waals surface area contributed by atoms with Crippen molar-refractivity contribution in [3.8, 4) is 0 Å². The molecule has 0 saturated carbocycles. The van der Waals surface area contributed by atoms with Gasteiger partial charge in [0.15, 0.2) is 0 Å². The maximum atomic E-state index is 12.4. The number of carbonyl (C=O) groups excluding carboxylic acids is 1. The Hall–Kier alpha value is -1.13. The van der Waals surface area contributed by atoms with Gasteiger partial charge in [0, 0.05) is 6.42 Å². The fourth-order valence-electron chi connectivity index (χ4n) is 6.45. The van der Waals surface area contributed by atoms with Crippen molar-refractivity contribution in [3.05, 3.63) is 24.3 Å². The number of hydrogen-bond acceptors (Lipinski definition) is 3. The third-order valence-electron chi connectivity index (χ3n) is 9.72. The molecule has 0 aromatic carbocycles. The molecule has 47 heavy (non-hydrogen) atoms. The molecule has 0 heterocycles. The van der Waals surface area contributed by atoms with Crippen LogP contribution in [-0.2, 0) is 4.79 Å². The summed E-state index contributed by atoms with van der Waals surface area (Å²) < 4.78 is 0. The van der Waals surface area contributed by atoms with E-state index in [1.807, 2.05) is 0 Å². The molecule has 1 amide bonds. The fraction of sp³-hybridized carbons (Fsp3) is 0.884. The number of nitrogens with one attached hydrogen (secondary N) is 1. The minimum absolute atomic E-state index is 0.0383. The summed E-state index contributed by atoms with van der Waals surface area (Å²) in [6.45, 7) is 4.35. The Morgan fingerprint density at radius 3 is 1.30 bits per heavy atom. The molecular formula is C43H83NO3. The SMILES string of the molecule is CCCCCC/C=C\C/C=C\CCCCCCCCCC(=O)NC(CO)C(O)CCCCCCCCCCCCCCCCCCC. The van der Waals surface area contributed by atoms with Crippen molar-refractivity contribution in [2.45, 2.75) is 238 Å². The standard InChI is InChI=1S/C43H83NO3/c1-3-5-7-9-11-13-15-17-19-21-23-25-27-29-31-33-35-37-39-43(47)44-41(40-45)42(46)38-36-34-32-30-28-26-24-22-20-18-16-14-12-10-8-6-4-2/h13,15,19,21,41-42,45-46H,3-12,14,16-18,20,22-40H2,1-2H3,(H,44,47)/b15-13-,21-19-. The van der Waals surface area contributed by atoms with E-state index in [0.29, 0.717) is 12.8 Å². The van der Waals surface area contributed by atoms with Gasteiger partial charge in [-0.05, 0) is 44.9 Å². The Kier molecular flexibility index (Phi) is 38.4.